The highest BCUT2D eigenvalue weighted by atomic mass is 19.3. The summed E-state index contributed by atoms with van der Waals surface area (Å²) in [5, 5.41) is 3.29. The first-order valence-electron chi connectivity index (χ1n) is 4.46. The van der Waals surface area contributed by atoms with E-state index in [-0.39, 0.29) is 6.54 Å². The molecule has 1 unspecified atom stereocenters. The topological polar surface area (TPSA) is 15.3 Å². The fourth-order valence-corrected chi connectivity index (χ4v) is 1.53. The summed E-state index contributed by atoms with van der Waals surface area (Å²) in [5.74, 6) is 0. The molecule has 1 heterocycles. The van der Waals surface area contributed by atoms with Crippen molar-refractivity contribution in [2.75, 3.05) is 26.2 Å². The molecule has 2 nitrogen and oxygen atoms in total. The number of rotatable bonds is 3. The van der Waals surface area contributed by atoms with Crippen molar-refractivity contribution >= 4 is 0 Å². The van der Waals surface area contributed by atoms with Gasteiger partial charge >= 0.3 is 0 Å². The Morgan fingerprint density at radius 2 is 2.33 bits per heavy atom. The van der Waals surface area contributed by atoms with Crippen molar-refractivity contribution in [1.29, 1.82) is 0 Å². The summed E-state index contributed by atoms with van der Waals surface area (Å²) < 4.78 is 24.0. The summed E-state index contributed by atoms with van der Waals surface area (Å²) in [6, 6.07) is 0.400. The second-order valence-electron chi connectivity index (χ2n) is 3.21. The number of hydrogen-bond donors (Lipinski definition) is 1. The maximum absolute atomic E-state index is 12.0. The molecule has 0 radical (unpaired) electrons. The van der Waals surface area contributed by atoms with Crippen LogP contribution in [0, 0.1) is 0 Å². The van der Waals surface area contributed by atoms with Gasteiger partial charge in [-0.2, -0.15) is 0 Å². The number of nitrogens with zero attached hydrogens (tertiary/aromatic N) is 1. The van der Waals surface area contributed by atoms with Gasteiger partial charge in [0, 0.05) is 25.7 Å². The fraction of sp³-hybridized carbons (Fsp3) is 1.00. The van der Waals surface area contributed by atoms with Crippen molar-refractivity contribution in [3.63, 3.8) is 0 Å². The van der Waals surface area contributed by atoms with Crippen LogP contribution in [0.5, 0.6) is 0 Å². The van der Waals surface area contributed by atoms with Crippen molar-refractivity contribution in [3.8, 4) is 0 Å². The van der Waals surface area contributed by atoms with Crippen molar-refractivity contribution in [1.82, 2.24) is 10.2 Å². The molecule has 0 aliphatic carbocycles. The summed E-state index contributed by atoms with van der Waals surface area (Å²) in [5.41, 5.74) is 0. The van der Waals surface area contributed by atoms with E-state index in [1.807, 2.05) is 4.90 Å². The molecule has 4 heteroatoms. The maximum atomic E-state index is 12.0. The lowest BCUT2D eigenvalue weighted by Gasteiger charge is -2.32. The minimum Gasteiger partial charge on any atom is -0.311 e. The van der Waals surface area contributed by atoms with Crippen LogP contribution in [0.4, 0.5) is 8.78 Å². The van der Waals surface area contributed by atoms with Crippen molar-refractivity contribution in [2.24, 2.45) is 0 Å². The Morgan fingerprint density at radius 1 is 1.58 bits per heavy atom. The Morgan fingerprint density at radius 3 is 2.92 bits per heavy atom. The van der Waals surface area contributed by atoms with Gasteiger partial charge in [-0.1, -0.05) is 6.92 Å². The van der Waals surface area contributed by atoms with Gasteiger partial charge in [0.1, 0.15) is 0 Å². The van der Waals surface area contributed by atoms with Crippen molar-refractivity contribution < 1.29 is 8.78 Å². The van der Waals surface area contributed by atoms with Crippen LogP contribution in [0.25, 0.3) is 0 Å². The SMILES string of the molecule is CCC1CN(CC(F)F)CCN1. The van der Waals surface area contributed by atoms with Gasteiger partial charge in [0.15, 0.2) is 0 Å². The average molecular weight is 178 g/mol. The third-order valence-electron chi connectivity index (χ3n) is 2.23. The first-order chi connectivity index (χ1) is 5.72. The lowest BCUT2D eigenvalue weighted by molar-refractivity contribution is 0.0725. The summed E-state index contributed by atoms with van der Waals surface area (Å²) in [6.45, 7) is 4.36. The molecule has 12 heavy (non-hydrogen) atoms. The zero-order chi connectivity index (χ0) is 8.97. The number of piperazine rings is 1. The molecule has 0 aromatic rings. The van der Waals surface area contributed by atoms with Gasteiger partial charge < -0.3 is 5.32 Å². The highest BCUT2D eigenvalue weighted by molar-refractivity contribution is 4.77. The molecule has 1 aliphatic rings. The van der Waals surface area contributed by atoms with Crippen LogP contribution >= 0.6 is 0 Å². The van der Waals surface area contributed by atoms with Gasteiger partial charge in [0.05, 0.1) is 6.54 Å². The van der Waals surface area contributed by atoms with E-state index in [1.165, 1.54) is 0 Å². The van der Waals surface area contributed by atoms with Gasteiger partial charge in [-0.3, -0.25) is 4.90 Å². The van der Waals surface area contributed by atoms with E-state index in [0.717, 1.165) is 26.1 Å². The lowest BCUT2D eigenvalue weighted by Crippen LogP contribution is -2.51. The summed E-state index contributed by atoms with van der Waals surface area (Å²) in [4.78, 5) is 1.83. The molecule has 0 spiro atoms. The quantitative estimate of drug-likeness (QED) is 0.691. The Hall–Kier alpha value is -0.220. The minimum absolute atomic E-state index is 0.0713. The van der Waals surface area contributed by atoms with E-state index in [9.17, 15) is 8.78 Å². The molecule has 0 bridgehead atoms. The molecular weight excluding hydrogens is 162 g/mol. The Kier molecular flexibility index (Phi) is 3.88. The zero-order valence-electron chi connectivity index (χ0n) is 7.39. The molecule has 0 amide bonds. The third kappa shape index (κ3) is 3.03. The van der Waals surface area contributed by atoms with Gasteiger partial charge in [-0.25, -0.2) is 8.78 Å². The van der Waals surface area contributed by atoms with Gasteiger partial charge in [-0.05, 0) is 6.42 Å². The van der Waals surface area contributed by atoms with Crippen molar-refractivity contribution in [2.45, 2.75) is 25.8 Å². The van der Waals surface area contributed by atoms with Crippen molar-refractivity contribution in [3.05, 3.63) is 0 Å². The number of halogens is 2. The maximum Gasteiger partial charge on any atom is 0.251 e. The number of nitrogens with one attached hydrogen (secondary N) is 1. The van der Waals surface area contributed by atoms with Crippen LogP contribution in [0.3, 0.4) is 0 Å². The molecule has 1 atom stereocenters. The fourth-order valence-electron chi connectivity index (χ4n) is 1.53. The first kappa shape index (κ1) is 9.86. The van der Waals surface area contributed by atoms with E-state index in [0.29, 0.717) is 6.04 Å². The predicted molar refractivity (Wildman–Crippen MR) is 44.5 cm³/mol. The van der Waals surface area contributed by atoms with E-state index in [2.05, 4.69) is 12.2 Å². The van der Waals surface area contributed by atoms with E-state index in [1.54, 1.807) is 0 Å². The smallest absolute Gasteiger partial charge is 0.251 e. The monoisotopic (exact) mass is 178 g/mol. The highest BCUT2D eigenvalue weighted by Crippen LogP contribution is 2.04. The van der Waals surface area contributed by atoms with Crippen LogP contribution in [-0.4, -0.2) is 43.5 Å². The van der Waals surface area contributed by atoms with Crippen LogP contribution in [0.2, 0.25) is 0 Å². The zero-order valence-corrected chi connectivity index (χ0v) is 7.39. The first-order valence-corrected chi connectivity index (χ1v) is 4.46. The van der Waals surface area contributed by atoms with Crippen LogP contribution in [-0.2, 0) is 0 Å². The second kappa shape index (κ2) is 4.72. The van der Waals surface area contributed by atoms with E-state index >= 15 is 0 Å². The molecule has 1 N–H and O–H groups in total. The normalized spacial score (nSPS) is 26.5. The van der Waals surface area contributed by atoms with Crippen LogP contribution < -0.4 is 5.32 Å². The van der Waals surface area contributed by atoms with Crippen LogP contribution in [0.15, 0.2) is 0 Å². The highest BCUT2D eigenvalue weighted by Gasteiger charge is 2.19. The Labute approximate surface area is 71.9 Å². The summed E-state index contributed by atoms with van der Waals surface area (Å²) in [6.07, 6.45) is -1.18. The molecular formula is C8H16F2N2. The molecule has 1 rings (SSSR count). The van der Waals surface area contributed by atoms with E-state index < -0.39 is 6.43 Å². The predicted octanol–water partition coefficient (Wildman–Crippen LogP) is 0.935. The van der Waals surface area contributed by atoms with E-state index in [4.69, 9.17) is 0 Å². The molecule has 72 valence electrons. The standard InChI is InChI=1S/C8H16F2N2/c1-2-7-5-12(4-3-11-7)6-8(9)10/h7-8,11H,2-6H2,1H3. The average Bonchev–Trinajstić information content (AvgIpc) is 2.03. The second-order valence-corrected chi connectivity index (χ2v) is 3.21. The lowest BCUT2D eigenvalue weighted by atomic mass is 10.1. The molecule has 1 aliphatic heterocycles. The molecule has 1 fully saturated rings. The van der Waals surface area contributed by atoms with Crippen LogP contribution in [0.1, 0.15) is 13.3 Å². The molecule has 0 aromatic heterocycles. The Bertz CT molecular complexity index is 130. The van der Waals surface area contributed by atoms with Gasteiger partial charge in [0.25, 0.3) is 6.43 Å². The summed E-state index contributed by atoms with van der Waals surface area (Å²) in [7, 11) is 0. The number of alkyl halides is 2. The molecule has 0 saturated carbocycles. The largest absolute Gasteiger partial charge is 0.311 e. The minimum atomic E-state index is -2.19. The molecule has 1 saturated heterocycles. The Balaban J connectivity index is 2.25. The third-order valence-corrected chi connectivity index (χ3v) is 2.23. The van der Waals surface area contributed by atoms with Gasteiger partial charge in [-0.15, -0.1) is 0 Å². The summed E-state index contributed by atoms with van der Waals surface area (Å²) >= 11 is 0. The van der Waals surface area contributed by atoms with Gasteiger partial charge in [0.2, 0.25) is 0 Å². The number of hydrogen-bond acceptors (Lipinski definition) is 2. The molecule has 0 aromatic carbocycles.